The van der Waals surface area contributed by atoms with Crippen LogP contribution in [0.1, 0.15) is 22.5 Å². The average molecular weight is 490 g/mol. The van der Waals surface area contributed by atoms with Crippen LogP contribution in [0, 0.1) is 0 Å². The van der Waals surface area contributed by atoms with Crippen molar-refractivity contribution in [2.75, 3.05) is 0 Å². The second-order valence-corrected chi connectivity index (χ2v) is 8.58. The second kappa shape index (κ2) is 11.0. The highest BCUT2D eigenvalue weighted by Crippen LogP contribution is 2.26. The number of H-pyrrole nitrogens is 1. The Bertz CT molecular complexity index is 1310. The Labute approximate surface area is 207 Å². The molecule has 0 radical (unpaired) electrons. The predicted octanol–water partition coefficient (Wildman–Crippen LogP) is 4.57. The molecule has 3 aromatic carbocycles. The van der Waals surface area contributed by atoms with Crippen LogP contribution in [0.15, 0.2) is 84.9 Å². The summed E-state index contributed by atoms with van der Waals surface area (Å²) in [6.45, 7) is 0. The van der Waals surface area contributed by atoms with Crippen molar-refractivity contribution in [1.29, 1.82) is 0 Å². The van der Waals surface area contributed by atoms with Crippen LogP contribution in [0.5, 0.6) is 0 Å². The molecule has 0 aliphatic heterocycles. The summed E-state index contributed by atoms with van der Waals surface area (Å²) in [6, 6.07) is 25.8. The predicted molar refractivity (Wildman–Crippen MR) is 134 cm³/mol. The number of aliphatic hydroxyl groups excluding tert-OH is 1. The van der Waals surface area contributed by atoms with E-state index in [1.165, 1.54) is 0 Å². The molecule has 0 saturated heterocycles. The molecule has 0 aliphatic rings. The molecule has 0 fully saturated rings. The van der Waals surface area contributed by atoms with Crippen molar-refractivity contribution in [1.82, 2.24) is 15.5 Å². The Morgan fingerprint density at radius 2 is 1.60 bits per heavy atom. The van der Waals surface area contributed by atoms with Crippen LogP contribution in [-0.2, 0) is 11.2 Å². The summed E-state index contributed by atoms with van der Waals surface area (Å²) in [5.74, 6) is -1.80. The van der Waals surface area contributed by atoms with Gasteiger partial charge in [-0.3, -0.25) is 9.89 Å². The van der Waals surface area contributed by atoms with Gasteiger partial charge in [-0.15, -0.1) is 0 Å². The van der Waals surface area contributed by atoms with Crippen LogP contribution >= 0.6 is 11.6 Å². The molecule has 1 amide bonds. The van der Waals surface area contributed by atoms with Gasteiger partial charge in [-0.1, -0.05) is 84.4 Å². The molecule has 35 heavy (non-hydrogen) atoms. The number of aliphatic hydroxyl groups is 1. The summed E-state index contributed by atoms with van der Waals surface area (Å²) < 4.78 is 0. The minimum absolute atomic E-state index is 0.146. The van der Waals surface area contributed by atoms with E-state index in [-0.39, 0.29) is 12.1 Å². The first-order valence-electron chi connectivity index (χ1n) is 11.1. The van der Waals surface area contributed by atoms with Gasteiger partial charge < -0.3 is 15.5 Å². The van der Waals surface area contributed by atoms with Gasteiger partial charge in [-0.05, 0) is 35.2 Å². The third-order valence-corrected chi connectivity index (χ3v) is 5.97. The van der Waals surface area contributed by atoms with E-state index in [0.29, 0.717) is 22.7 Å². The Morgan fingerprint density at radius 1 is 0.943 bits per heavy atom. The molecule has 4 N–H and O–H groups in total. The van der Waals surface area contributed by atoms with E-state index >= 15 is 0 Å². The molecule has 4 aromatic rings. The molecule has 4 rings (SSSR count). The molecule has 1 aromatic heterocycles. The molecule has 8 heteroatoms. The summed E-state index contributed by atoms with van der Waals surface area (Å²) >= 11 is 6.22. The Balaban J connectivity index is 1.49. The number of nitrogens with zero attached hydrogens (tertiary/aromatic N) is 1. The van der Waals surface area contributed by atoms with E-state index in [2.05, 4.69) is 15.5 Å². The van der Waals surface area contributed by atoms with Gasteiger partial charge in [0.1, 0.15) is 5.69 Å². The van der Waals surface area contributed by atoms with Gasteiger partial charge in [0.15, 0.2) is 6.10 Å². The average Bonchev–Trinajstić information content (AvgIpc) is 3.35. The van der Waals surface area contributed by atoms with E-state index in [4.69, 9.17) is 11.6 Å². The lowest BCUT2D eigenvalue weighted by molar-refractivity contribution is -0.147. The van der Waals surface area contributed by atoms with Crippen LogP contribution in [0.4, 0.5) is 0 Å². The van der Waals surface area contributed by atoms with Crippen LogP contribution < -0.4 is 5.32 Å². The number of aromatic nitrogens is 2. The minimum atomic E-state index is -1.61. The summed E-state index contributed by atoms with van der Waals surface area (Å²) in [4.78, 5) is 24.2. The molecule has 7 nitrogen and oxygen atoms in total. The second-order valence-electron chi connectivity index (χ2n) is 8.17. The molecular weight excluding hydrogens is 466 g/mol. The molecule has 178 valence electrons. The maximum Gasteiger partial charge on any atom is 0.332 e. The number of benzene rings is 3. The monoisotopic (exact) mass is 489 g/mol. The molecule has 0 spiro atoms. The zero-order valence-electron chi connectivity index (χ0n) is 18.7. The molecule has 0 unspecified atom stereocenters. The lowest BCUT2D eigenvalue weighted by atomic mass is 9.97. The third-order valence-electron chi connectivity index (χ3n) is 5.64. The molecule has 2 atom stereocenters. The number of hydrogen-bond donors (Lipinski definition) is 4. The maximum atomic E-state index is 12.9. The first kappa shape index (κ1) is 24.2. The van der Waals surface area contributed by atoms with E-state index in [1.54, 1.807) is 24.3 Å². The highest BCUT2D eigenvalue weighted by molar-refractivity contribution is 6.33. The summed E-state index contributed by atoms with van der Waals surface area (Å²) in [7, 11) is 0. The summed E-state index contributed by atoms with van der Waals surface area (Å²) in [6.07, 6.45) is -1.41. The number of carboxylic acids is 1. The van der Waals surface area contributed by atoms with E-state index in [0.717, 1.165) is 16.7 Å². The first-order valence-corrected chi connectivity index (χ1v) is 11.4. The topological polar surface area (TPSA) is 115 Å². The van der Waals surface area contributed by atoms with Crippen molar-refractivity contribution >= 4 is 23.5 Å². The number of nitrogens with one attached hydrogen (secondary N) is 2. The fourth-order valence-corrected chi connectivity index (χ4v) is 4.05. The number of carbonyl (C=O) groups is 2. The quantitative estimate of drug-likeness (QED) is 0.275. The fourth-order valence-electron chi connectivity index (χ4n) is 3.82. The molecule has 0 aliphatic carbocycles. The number of aromatic amines is 1. The highest BCUT2D eigenvalue weighted by atomic mass is 35.5. The summed E-state index contributed by atoms with van der Waals surface area (Å²) in [5, 5.41) is 29.3. The number of amides is 1. The van der Waals surface area contributed by atoms with Crippen molar-refractivity contribution < 1.29 is 19.8 Å². The Hall–Kier alpha value is -3.94. The van der Waals surface area contributed by atoms with E-state index < -0.39 is 24.0 Å². The van der Waals surface area contributed by atoms with Crippen LogP contribution in [0.2, 0.25) is 5.02 Å². The van der Waals surface area contributed by atoms with Crippen molar-refractivity contribution in [3.8, 4) is 22.4 Å². The number of rotatable bonds is 9. The van der Waals surface area contributed by atoms with Gasteiger partial charge in [0.25, 0.3) is 5.91 Å². The maximum absolute atomic E-state index is 12.9. The number of carboxylic acid groups (broad SMARTS) is 1. The van der Waals surface area contributed by atoms with Crippen LogP contribution in [-0.4, -0.2) is 44.4 Å². The highest BCUT2D eigenvalue weighted by Gasteiger charge is 2.23. The molecule has 0 saturated carbocycles. The normalized spacial score (nSPS) is 12.6. The number of aliphatic carboxylic acids is 1. The first-order chi connectivity index (χ1) is 16.9. The minimum Gasteiger partial charge on any atom is -0.479 e. The van der Waals surface area contributed by atoms with Crippen molar-refractivity contribution in [3.05, 3.63) is 101 Å². The van der Waals surface area contributed by atoms with Crippen molar-refractivity contribution in [2.24, 2.45) is 0 Å². The van der Waals surface area contributed by atoms with Crippen molar-refractivity contribution in [3.63, 3.8) is 0 Å². The van der Waals surface area contributed by atoms with Gasteiger partial charge in [-0.2, -0.15) is 5.10 Å². The van der Waals surface area contributed by atoms with Gasteiger partial charge in [-0.25, -0.2) is 4.79 Å². The van der Waals surface area contributed by atoms with Crippen LogP contribution in [0.3, 0.4) is 0 Å². The molecule has 1 heterocycles. The summed E-state index contributed by atoms with van der Waals surface area (Å²) in [5.41, 5.74) is 4.42. The Morgan fingerprint density at radius 3 is 2.29 bits per heavy atom. The van der Waals surface area contributed by atoms with E-state index in [1.807, 2.05) is 60.7 Å². The zero-order chi connectivity index (χ0) is 24.8. The SMILES string of the molecule is O=C(N[C@H](Cc1ccc(-c2ccccc2)cc1)C[C@@H](O)C(=O)O)c1cc(-c2ccccc2Cl)n[nH]1. The lowest BCUT2D eigenvalue weighted by Gasteiger charge is -2.20. The van der Waals surface area contributed by atoms with Gasteiger partial charge in [0, 0.05) is 18.0 Å². The molecule has 0 bridgehead atoms. The largest absolute Gasteiger partial charge is 0.479 e. The van der Waals surface area contributed by atoms with Crippen molar-refractivity contribution in [2.45, 2.75) is 25.0 Å². The standard InChI is InChI=1S/C27H24ClN3O4/c28-22-9-5-4-8-21(22)23-16-24(31-30-23)26(33)29-20(15-25(32)27(34)35)14-17-10-12-19(13-11-17)18-6-2-1-3-7-18/h1-13,16,20,25,32H,14-15H2,(H,29,33)(H,30,31)(H,34,35)/t20-,25-/m1/s1. The number of halogens is 1. The van der Waals surface area contributed by atoms with Gasteiger partial charge in [0.2, 0.25) is 0 Å². The van der Waals surface area contributed by atoms with Gasteiger partial charge >= 0.3 is 5.97 Å². The van der Waals surface area contributed by atoms with Crippen LogP contribution in [0.25, 0.3) is 22.4 Å². The van der Waals surface area contributed by atoms with E-state index in [9.17, 15) is 19.8 Å². The molecular formula is C27H24ClN3O4. The van der Waals surface area contributed by atoms with Gasteiger partial charge in [0.05, 0.1) is 10.7 Å². The third kappa shape index (κ3) is 6.15. The fraction of sp³-hybridized carbons (Fsp3) is 0.148. The number of hydrogen-bond acceptors (Lipinski definition) is 4. The smallest absolute Gasteiger partial charge is 0.332 e. The zero-order valence-corrected chi connectivity index (χ0v) is 19.4. The number of carbonyl (C=O) groups excluding carboxylic acids is 1. The lowest BCUT2D eigenvalue weighted by Crippen LogP contribution is -2.40. The Kier molecular flexibility index (Phi) is 7.60.